The van der Waals surface area contributed by atoms with E-state index in [-0.39, 0.29) is 5.57 Å². The van der Waals surface area contributed by atoms with Crippen LogP contribution in [0, 0.1) is 0 Å². The van der Waals surface area contributed by atoms with Gasteiger partial charge in [-0.1, -0.05) is 6.08 Å². The molecule has 0 aromatic heterocycles. The molecule has 0 aromatic rings. The molecule has 1 aliphatic carbocycles. The lowest BCUT2D eigenvalue weighted by Crippen LogP contribution is -2.74. The summed E-state index contributed by atoms with van der Waals surface area (Å²) < 4.78 is 4.93. The summed E-state index contributed by atoms with van der Waals surface area (Å²) in [6.45, 7) is 0.736. The van der Waals surface area contributed by atoms with Crippen LogP contribution in [0.1, 0.15) is 6.92 Å². The molecule has 10 heteroatoms. The number of aliphatic hydroxyl groups is 8. The van der Waals surface area contributed by atoms with Gasteiger partial charge in [-0.2, -0.15) is 0 Å². The molecule has 23 heavy (non-hydrogen) atoms. The molecule has 1 heterocycles. The van der Waals surface area contributed by atoms with Gasteiger partial charge in [0.1, 0.15) is 36.6 Å². The highest BCUT2D eigenvalue weighted by Gasteiger charge is 2.54. The lowest BCUT2D eigenvalue weighted by Gasteiger charge is -2.49. The van der Waals surface area contributed by atoms with E-state index < -0.39 is 61.3 Å². The van der Waals surface area contributed by atoms with E-state index in [1.807, 2.05) is 0 Å². The SMILES string of the molecule is C[C@H]1O[C@H](O)[C@H](O)[C@@H](O)[C@@]1(O)NC1C=C(CO)C(O)C(O)C1O. The zero-order valence-electron chi connectivity index (χ0n) is 12.4. The maximum atomic E-state index is 10.6. The molecule has 4 unspecified atom stereocenters. The van der Waals surface area contributed by atoms with Crippen molar-refractivity contribution in [2.45, 2.75) is 61.6 Å². The van der Waals surface area contributed by atoms with Crippen LogP contribution < -0.4 is 5.32 Å². The molecule has 2 aliphatic rings. The summed E-state index contributed by atoms with van der Waals surface area (Å²) in [6, 6.07) is -1.16. The van der Waals surface area contributed by atoms with Crippen LogP contribution in [-0.2, 0) is 4.74 Å². The Hall–Kier alpha value is -0.660. The fourth-order valence-corrected chi connectivity index (χ4v) is 2.84. The number of rotatable bonds is 3. The molecule has 0 spiro atoms. The molecule has 0 bridgehead atoms. The van der Waals surface area contributed by atoms with E-state index in [0.717, 1.165) is 0 Å². The second kappa shape index (κ2) is 6.69. The molecular formula is C13H23NO9. The largest absolute Gasteiger partial charge is 0.392 e. The van der Waals surface area contributed by atoms with Crippen molar-refractivity contribution in [1.29, 1.82) is 0 Å². The summed E-state index contributed by atoms with van der Waals surface area (Å²) in [5.41, 5.74) is -2.24. The molecule has 0 aromatic carbocycles. The number of hydrogen-bond acceptors (Lipinski definition) is 10. The van der Waals surface area contributed by atoms with Crippen LogP contribution in [0.15, 0.2) is 11.6 Å². The third-order valence-corrected chi connectivity index (χ3v) is 4.43. The fourth-order valence-electron chi connectivity index (χ4n) is 2.84. The van der Waals surface area contributed by atoms with Crippen LogP contribution >= 0.6 is 0 Å². The van der Waals surface area contributed by atoms with E-state index in [1.54, 1.807) is 0 Å². The zero-order chi connectivity index (χ0) is 17.5. The molecule has 134 valence electrons. The molecule has 2 rings (SSSR count). The second-order valence-corrected chi connectivity index (χ2v) is 5.93. The topological polar surface area (TPSA) is 183 Å². The standard InChI is InChI=1S/C13H23NO9/c1-4-13(22,11(20)10(19)12(21)23-4)14-6-2-5(3-15)7(16)9(18)8(6)17/h2,4,6-12,14-22H,3H2,1H3/t4-,6?,7?,8?,9?,10-,11-,12+,13-/m1/s1. The number of nitrogens with one attached hydrogen (secondary N) is 1. The zero-order valence-corrected chi connectivity index (χ0v) is 12.4. The van der Waals surface area contributed by atoms with Crippen molar-refractivity contribution in [2.24, 2.45) is 0 Å². The quantitative estimate of drug-likeness (QED) is 0.179. The van der Waals surface area contributed by atoms with Crippen molar-refractivity contribution in [1.82, 2.24) is 5.32 Å². The fraction of sp³-hybridized carbons (Fsp3) is 0.846. The van der Waals surface area contributed by atoms with E-state index in [0.29, 0.717) is 0 Å². The second-order valence-electron chi connectivity index (χ2n) is 5.93. The van der Waals surface area contributed by atoms with Gasteiger partial charge in [-0.05, 0) is 12.5 Å². The lowest BCUT2D eigenvalue weighted by atomic mass is 9.85. The van der Waals surface area contributed by atoms with Crippen LogP contribution in [0.5, 0.6) is 0 Å². The first-order valence-electron chi connectivity index (χ1n) is 7.18. The monoisotopic (exact) mass is 337 g/mol. The van der Waals surface area contributed by atoms with Crippen LogP contribution in [0.3, 0.4) is 0 Å². The van der Waals surface area contributed by atoms with Crippen molar-refractivity contribution in [3.63, 3.8) is 0 Å². The van der Waals surface area contributed by atoms with Crippen LogP contribution in [0.4, 0.5) is 0 Å². The number of hydrogen-bond donors (Lipinski definition) is 9. The molecule has 0 radical (unpaired) electrons. The molecular weight excluding hydrogens is 314 g/mol. The molecule has 9 N–H and O–H groups in total. The Morgan fingerprint density at radius 3 is 2.26 bits per heavy atom. The molecule has 0 saturated carbocycles. The molecule has 1 aliphatic heterocycles. The molecule has 1 fully saturated rings. The normalized spacial score (nSPS) is 51.4. The number of aliphatic hydroxyl groups excluding tert-OH is 7. The predicted molar refractivity (Wildman–Crippen MR) is 73.6 cm³/mol. The van der Waals surface area contributed by atoms with Gasteiger partial charge in [0.05, 0.1) is 12.6 Å². The predicted octanol–water partition coefficient (Wildman–Crippen LogP) is -4.89. The Morgan fingerprint density at radius 2 is 1.70 bits per heavy atom. The highest BCUT2D eigenvalue weighted by atomic mass is 16.6. The molecule has 10 nitrogen and oxygen atoms in total. The van der Waals surface area contributed by atoms with Gasteiger partial charge < -0.3 is 45.6 Å². The highest BCUT2D eigenvalue weighted by molar-refractivity contribution is 5.22. The third kappa shape index (κ3) is 3.15. The third-order valence-electron chi connectivity index (χ3n) is 4.43. The first-order valence-corrected chi connectivity index (χ1v) is 7.18. The minimum absolute atomic E-state index is 0.0170. The summed E-state index contributed by atoms with van der Waals surface area (Å²) in [4.78, 5) is 0. The first kappa shape index (κ1) is 18.7. The van der Waals surface area contributed by atoms with Crippen LogP contribution in [-0.4, -0.2) is 102 Å². The van der Waals surface area contributed by atoms with Crippen molar-refractivity contribution < 1.29 is 45.6 Å². The van der Waals surface area contributed by atoms with E-state index in [1.165, 1.54) is 13.0 Å². The summed E-state index contributed by atoms with van der Waals surface area (Å²) in [6.07, 6.45) is -10.0. The average molecular weight is 337 g/mol. The van der Waals surface area contributed by atoms with E-state index in [9.17, 15) is 40.9 Å². The lowest BCUT2D eigenvalue weighted by molar-refractivity contribution is -0.322. The van der Waals surface area contributed by atoms with E-state index in [2.05, 4.69) is 5.32 Å². The van der Waals surface area contributed by atoms with Gasteiger partial charge >= 0.3 is 0 Å². The van der Waals surface area contributed by atoms with Crippen molar-refractivity contribution in [3.8, 4) is 0 Å². The van der Waals surface area contributed by atoms with Gasteiger partial charge in [0, 0.05) is 0 Å². The Bertz CT molecular complexity index is 461. The molecule has 9 atom stereocenters. The first-order chi connectivity index (χ1) is 10.6. The Morgan fingerprint density at radius 1 is 1.09 bits per heavy atom. The Balaban J connectivity index is 2.27. The van der Waals surface area contributed by atoms with Gasteiger partial charge in [0.15, 0.2) is 12.0 Å². The summed E-state index contributed by atoms with van der Waals surface area (Å²) >= 11 is 0. The smallest absolute Gasteiger partial charge is 0.184 e. The minimum atomic E-state index is -2.26. The summed E-state index contributed by atoms with van der Waals surface area (Å²) in [5, 5.41) is 80.8. The highest BCUT2D eigenvalue weighted by Crippen LogP contribution is 2.29. The Labute approximate surface area is 131 Å². The Kier molecular flexibility index (Phi) is 5.43. The van der Waals surface area contributed by atoms with Gasteiger partial charge in [-0.15, -0.1) is 0 Å². The van der Waals surface area contributed by atoms with Gasteiger partial charge in [-0.3, -0.25) is 5.32 Å². The van der Waals surface area contributed by atoms with Crippen molar-refractivity contribution >= 4 is 0 Å². The molecule has 0 amide bonds. The maximum absolute atomic E-state index is 10.6. The van der Waals surface area contributed by atoms with Crippen LogP contribution in [0.25, 0.3) is 0 Å². The van der Waals surface area contributed by atoms with Crippen LogP contribution in [0.2, 0.25) is 0 Å². The minimum Gasteiger partial charge on any atom is -0.392 e. The van der Waals surface area contributed by atoms with Crippen molar-refractivity contribution in [2.75, 3.05) is 6.61 Å². The van der Waals surface area contributed by atoms with Gasteiger partial charge in [-0.25, -0.2) is 0 Å². The molecule has 1 saturated heterocycles. The maximum Gasteiger partial charge on any atom is 0.184 e. The summed E-state index contributed by atoms with van der Waals surface area (Å²) in [7, 11) is 0. The van der Waals surface area contributed by atoms with Gasteiger partial charge in [0.2, 0.25) is 0 Å². The van der Waals surface area contributed by atoms with E-state index >= 15 is 0 Å². The van der Waals surface area contributed by atoms with E-state index in [4.69, 9.17) is 4.74 Å². The number of ether oxygens (including phenoxy) is 1. The van der Waals surface area contributed by atoms with Crippen molar-refractivity contribution in [3.05, 3.63) is 11.6 Å². The average Bonchev–Trinajstić information content (AvgIpc) is 2.52. The van der Waals surface area contributed by atoms with Gasteiger partial charge in [0.25, 0.3) is 0 Å². The summed E-state index contributed by atoms with van der Waals surface area (Å²) in [5.74, 6) is 0.